The van der Waals surface area contributed by atoms with E-state index in [-0.39, 0.29) is 18.1 Å². The van der Waals surface area contributed by atoms with Gasteiger partial charge in [0.1, 0.15) is 11.6 Å². The van der Waals surface area contributed by atoms with E-state index in [1.165, 1.54) is 0 Å². The second-order valence-electron chi connectivity index (χ2n) is 3.58. The van der Waals surface area contributed by atoms with Crippen LogP contribution in [0, 0.1) is 0 Å². The summed E-state index contributed by atoms with van der Waals surface area (Å²) >= 11 is 0. The van der Waals surface area contributed by atoms with Gasteiger partial charge >= 0.3 is 0 Å². The number of carbonyl (C=O) groups excluding carboxylic acids is 2. The summed E-state index contributed by atoms with van der Waals surface area (Å²) in [5, 5.41) is 2.58. The molecular weight excluding hydrogens is 204 g/mol. The highest BCUT2D eigenvalue weighted by Gasteiger charge is 2.09. The number of rotatable bonds is 6. The van der Waals surface area contributed by atoms with Crippen molar-refractivity contribution in [3.05, 3.63) is 24.4 Å². The number of anilines is 1. The minimum atomic E-state index is -0.292. The lowest BCUT2D eigenvalue weighted by atomic mass is 10.1. The molecule has 0 saturated carbocycles. The van der Waals surface area contributed by atoms with Crippen LogP contribution in [0.5, 0.6) is 0 Å². The van der Waals surface area contributed by atoms with Gasteiger partial charge in [-0.25, -0.2) is 4.98 Å². The van der Waals surface area contributed by atoms with Gasteiger partial charge in [0, 0.05) is 12.6 Å². The number of nitrogens with one attached hydrogen (secondary N) is 1. The highest BCUT2D eigenvalue weighted by Crippen LogP contribution is 2.03. The zero-order valence-electron chi connectivity index (χ0n) is 9.40. The highest BCUT2D eigenvalue weighted by molar-refractivity contribution is 6.03. The van der Waals surface area contributed by atoms with Crippen LogP contribution < -0.4 is 5.32 Å². The Kier molecular flexibility index (Phi) is 5.19. The SMILES string of the molecule is CCCCC(=O)CC(=O)Nc1ccccn1. The predicted octanol–water partition coefficient (Wildman–Crippen LogP) is 2.17. The van der Waals surface area contributed by atoms with Gasteiger partial charge in [-0.1, -0.05) is 19.4 Å². The summed E-state index contributed by atoms with van der Waals surface area (Å²) in [7, 11) is 0. The molecule has 16 heavy (non-hydrogen) atoms. The van der Waals surface area contributed by atoms with Gasteiger partial charge in [-0.3, -0.25) is 9.59 Å². The van der Waals surface area contributed by atoms with Gasteiger partial charge in [-0.15, -0.1) is 0 Å². The minimum absolute atomic E-state index is 0.0183. The first-order chi connectivity index (χ1) is 7.72. The quantitative estimate of drug-likeness (QED) is 0.747. The average molecular weight is 220 g/mol. The number of pyridine rings is 1. The van der Waals surface area contributed by atoms with Crippen molar-refractivity contribution in [1.29, 1.82) is 0 Å². The van der Waals surface area contributed by atoms with Crippen molar-refractivity contribution >= 4 is 17.5 Å². The molecule has 1 aromatic heterocycles. The third-order valence-electron chi connectivity index (χ3n) is 2.10. The number of ketones is 1. The normalized spacial score (nSPS) is 9.81. The van der Waals surface area contributed by atoms with Crippen molar-refractivity contribution in [2.75, 3.05) is 5.32 Å². The smallest absolute Gasteiger partial charge is 0.232 e. The summed E-state index contributed by atoms with van der Waals surface area (Å²) in [6.45, 7) is 2.02. The lowest BCUT2D eigenvalue weighted by Gasteiger charge is -2.02. The maximum atomic E-state index is 11.4. The van der Waals surface area contributed by atoms with E-state index in [2.05, 4.69) is 10.3 Å². The topological polar surface area (TPSA) is 59.1 Å². The van der Waals surface area contributed by atoms with Gasteiger partial charge in [-0.05, 0) is 18.6 Å². The lowest BCUT2D eigenvalue weighted by molar-refractivity contribution is -0.125. The molecule has 1 rings (SSSR count). The van der Waals surface area contributed by atoms with Gasteiger partial charge in [-0.2, -0.15) is 0 Å². The van der Waals surface area contributed by atoms with Crippen LogP contribution in [0.15, 0.2) is 24.4 Å². The van der Waals surface area contributed by atoms with Gasteiger partial charge in [0.2, 0.25) is 5.91 Å². The monoisotopic (exact) mass is 220 g/mol. The second-order valence-corrected chi connectivity index (χ2v) is 3.58. The molecule has 1 heterocycles. The van der Waals surface area contributed by atoms with E-state index in [1.54, 1.807) is 24.4 Å². The second kappa shape index (κ2) is 6.71. The zero-order valence-corrected chi connectivity index (χ0v) is 9.40. The molecule has 0 saturated heterocycles. The Labute approximate surface area is 95.1 Å². The van der Waals surface area contributed by atoms with Gasteiger partial charge in [0.15, 0.2) is 0 Å². The van der Waals surface area contributed by atoms with Crippen molar-refractivity contribution in [3.8, 4) is 0 Å². The summed E-state index contributed by atoms with van der Waals surface area (Å²) in [6.07, 6.45) is 3.82. The number of hydrogen-bond acceptors (Lipinski definition) is 3. The Balaban J connectivity index is 2.34. The Morgan fingerprint density at radius 2 is 2.19 bits per heavy atom. The molecule has 0 aliphatic heterocycles. The zero-order chi connectivity index (χ0) is 11.8. The van der Waals surface area contributed by atoms with Crippen molar-refractivity contribution in [2.24, 2.45) is 0 Å². The van der Waals surface area contributed by atoms with Gasteiger partial charge < -0.3 is 5.32 Å². The molecule has 0 atom stereocenters. The summed E-state index contributed by atoms with van der Waals surface area (Å²) in [4.78, 5) is 26.7. The third-order valence-corrected chi connectivity index (χ3v) is 2.10. The summed E-state index contributed by atoms with van der Waals surface area (Å²) in [5.74, 6) is 0.172. The Bertz CT molecular complexity index is 349. The molecule has 0 radical (unpaired) electrons. The third kappa shape index (κ3) is 4.68. The fourth-order valence-electron chi connectivity index (χ4n) is 1.27. The van der Waals surface area contributed by atoms with E-state index >= 15 is 0 Å². The molecule has 1 aromatic rings. The largest absolute Gasteiger partial charge is 0.310 e. The molecule has 1 amide bonds. The van der Waals surface area contributed by atoms with Crippen LogP contribution in [0.25, 0.3) is 0 Å². The fourth-order valence-corrected chi connectivity index (χ4v) is 1.27. The maximum absolute atomic E-state index is 11.4. The number of amides is 1. The number of hydrogen-bond donors (Lipinski definition) is 1. The van der Waals surface area contributed by atoms with E-state index in [4.69, 9.17) is 0 Å². The standard InChI is InChI=1S/C12H16N2O2/c1-2-3-6-10(15)9-12(16)14-11-7-4-5-8-13-11/h4-5,7-8H,2-3,6,9H2,1H3,(H,13,14,16). The van der Waals surface area contributed by atoms with Crippen molar-refractivity contribution in [1.82, 2.24) is 4.98 Å². The van der Waals surface area contributed by atoms with Crippen LogP contribution in [-0.2, 0) is 9.59 Å². The van der Waals surface area contributed by atoms with Crippen LogP contribution >= 0.6 is 0 Å². The van der Waals surface area contributed by atoms with Crippen LogP contribution in [0.1, 0.15) is 32.6 Å². The van der Waals surface area contributed by atoms with Crippen LogP contribution in [0.3, 0.4) is 0 Å². The van der Waals surface area contributed by atoms with Gasteiger partial charge in [0.25, 0.3) is 0 Å². The van der Waals surface area contributed by atoms with E-state index in [9.17, 15) is 9.59 Å². The maximum Gasteiger partial charge on any atom is 0.232 e. The van der Waals surface area contributed by atoms with Crippen LogP contribution in [0.4, 0.5) is 5.82 Å². The van der Waals surface area contributed by atoms with Crippen LogP contribution in [0.2, 0.25) is 0 Å². The molecule has 1 N–H and O–H groups in total. The van der Waals surface area contributed by atoms with Crippen molar-refractivity contribution < 1.29 is 9.59 Å². The molecule has 86 valence electrons. The number of unbranched alkanes of at least 4 members (excludes halogenated alkanes) is 1. The minimum Gasteiger partial charge on any atom is -0.310 e. The Morgan fingerprint density at radius 3 is 2.81 bits per heavy atom. The lowest BCUT2D eigenvalue weighted by Crippen LogP contribution is -2.16. The molecule has 0 aliphatic carbocycles. The van der Waals surface area contributed by atoms with E-state index in [0.717, 1.165) is 12.8 Å². The fraction of sp³-hybridized carbons (Fsp3) is 0.417. The van der Waals surface area contributed by atoms with Crippen LogP contribution in [-0.4, -0.2) is 16.7 Å². The van der Waals surface area contributed by atoms with E-state index in [1.807, 2.05) is 6.92 Å². The highest BCUT2D eigenvalue weighted by atomic mass is 16.2. The number of Topliss-reactive ketones (excluding diaryl/α,β-unsaturated/α-hetero) is 1. The first kappa shape index (κ1) is 12.4. The van der Waals surface area contributed by atoms with E-state index in [0.29, 0.717) is 12.2 Å². The predicted molar refractivity (Wildman–Crippen MR) is 62.0 cm³/mol. The molecule has 0 unspecified atom stereocenters. The summed E-state index contributed by atoms with van der Waals surface area (Å²) in [5.41, 5.74) is 0. The molecule has 0 fully saturated rings. The average Bonchev–Trinajstić information content (AvgIpc) is 2.27. The number of nitrogens with zero attached hydrogens (tertiary/aromatic N) is 1. The molecule has 4 nitrogen and oxygen atoms in total. The molecule has 0 aliphatic rings. The molecule has 0 aromatic carbocycles. The first-order valence-electron chi connectivity index (χ1n) is 5.45. The Hall–Kier alpha value is -1.71. The summed E-state index contributed by atoms with van der Waals surface area (Å²) < 4.78 is 0. The van der Waals surface area contributed by atoms with Gasteiger partial charge in [0.05, 0.1) is 6.42 Å². The van der Waals surface area contributed by atoms with Crippen molar-refractivity contribution in [2.45, 2.75) is 32.6 Å². The molecule has 0 bridgehead atoms. The van der Waals surface area contributed by atoms with Crippen molar-refractivity contribution in [3.63, 3.8) is 0 Å². The first-order valence-corrected chi connectivity index (χ1v) is 5.45. The van der Waals surface area contributed by atoms with E-state index < -0.39 is 0 Å². The Morgan fingerprint density at radius 1 is 1.38 bits per heavy atom. The summed E-state index contributed by atoms with van der Waals surface area (Å²) in [6, 6.07) is 5.23. The number of aromatic nitrogens is 1. The number of carbonyl (C=O) groups is 2. The molecular formula is C12H16N2O2. The molecule has 0 spiro atoms. The molecule has 4 heteroatoms.